The number of ether oxygens (including phenoxy) is 2. The highest BCUT2D eigenvalue weighted by Gasteiger charge is 2.13. The van der Waals surface area contributed by atoms with E-state index in [0.29, 0.717) is 28.0 Å². The first kappa shape index (κ1) is 18.4. The zero-order chi connectivity index (χ0) is 20.1. The molecule has 0 bridgehead atoms. The summed E-state index contributed by atoms with van der Waals surface area (Å²) in [5.74, 6) is 0.888. The molecule has 0 atom stereocenters. The van der Waals surface area contributed by atoms with Crippen molar-refractivity contribution in [1.29, 1.82) is 0 Å². The molecule has 3 aromatic carbocycles. The maximum Gasteiger partial charge on any atom is 0.312 e. The maximum absolute atomic E-state index is 12.4. The molecule has 0 aliphatic rings. The van der Waals surface area contributed by atoms with E-state index in [1.165, 1.54) is 0 Å². The zero-order valence-electron chi connectivity index (χ0n) is 15.5. The number of hydrogen-bond acceptors (Lipinski definition) is 5. The van der Waals surface area contributed by atoms with Crippen LogP contribution in [0.1, 0.15) is 11.3 Å². The number of nitrogens with one attached hydrogen (secondary N) is 1. The van der Waals surface area contributed by atoms with Gasteiger partial charge in [0, 0.05) is 10.9 Å². The van der Waals surface area contributed by atoms with Gasteiger partial charge in [-0.1, -0.05) is 54.6 Å². The quantitative estimate of drug-likeness (QED) is 0.507. The van der Waals surface area contributed by atoms with Crippen LogP contribution in [0.25, 0.3) is 10.8 Å². The van der Waals surface area contributed by atoms with Crippen LogP contribution in [0.3, 0.4) is 0 Å². The van der Waals surface area contributed by atoms with Crippen LogP contribution >= 0.6 is 0 Å². The number of nitrogens with zero attached hydrogens (tertiary/aromatic N) is 1. The Morgan fingerprint density at radius 1 is 0.862 bits per heavy atom. The van der Waals surface area contributed by atoms with Crippen molar-refractivity contribution in [3.63, 3.8) is 0 Å². The molecule has 29 heavy (non-hydrogen) atoms. The third-order valence-corrected chi connectivity index (χ3v) is 4.42. The number of aromatic nitrogens is 2. The topological polar surface area (TPSA) is 81.3 Å². The fraction of sp³-hybridized carbons (Fsp3) is 0.0870. The number of para-hydroxylation sites is 2. The lowest BCUT2D eigenvalue weighted by molar-refractivity contribution is -0.144. The number of esters is 1. The predicted octanol–water partition coefficient (Wildman–Crippen LogP) is 4.00. The van der Waals surface area contributed by atoms with E-state index in [4.69, 9.17) is 9.47 Å². The highest BCUT2D eigenvalue weighted by atomic mass is 16.5. The van der Waals surface area contributed by atoms with E-state index >= 15 is 0 Å². The van der Waals surface area contributed by atoms with Crippen molar-refractivity contribution >= 4 is 16.7 Å². The van der Waals surface area contributed by atoms with Crippen molar-refractivity contribution in [2.75, 3.05) is 0 Å². The number of aromatic amines is 1. The molecule has 0 radical (unpaired) electrons. The Kier molecular flexibility index (Phi) is 5.33. The Labute approximate surface area is 166 Å². The normalized spacial score (nSPS) is 10.6. The highest BCUT2D eigenvalue weighted by molar-refractivity contribution is 5.86. The van der Waals surface area contributed by atoms with Gasteiger partial charge < -0.3 is 9.47 Å². The van der Waals surface area contributed by atoms with E-state index in [1.54, 1.807) is 24.3 Å². The van der Waals surface area contributed by atoms with Crippen LogP contribution in [-0.4, -0.2) is 16.2 Å². The standard InChI is InChI=1S/C23H18N2O4/c26-22(14-20-18-11-5-6-12-19(18)23(27)25-24-20)28-15-16-8-4-7-13-21(16)29-17-9-2-1-3-10-17/h1-13H,14-15H2,(H,25,27). The van der Waals surface area contributed by atoms with E-state index < -0.39 is 5.97 Å². The largest absolute Gasteiger partial charge is 0.460 e. The van der Waals surface area contributed by atoms with Gasteiger partial charge in [0.2, 0.25) is 0 Å². The minimum absolute atomic E-state index is 0.0427. The molecule has 0 aliphatic carbocycles. The Morgan fingerprint density at radius 3 is 2.38 bits per heavy atom. The third-order valence-electron chi connectivity index (χ3n) is 4.42. The second-order valence-corrected chi connectivity index (χ2v) is 6.41. The van der Waals surface area contributed by atoms with Gasteiger partial charge >= 0.3 is 5.97 Å². The molecule has 0 saturated heterocycles. The Bertz CT molecular complexity index is 1200. The van der Waals surface area contributed by atoms with Crippen LogP contribution in [0.5, 0.6) is 11.5 Å². The monoisotopic (exact) mass is 386 g/mol. The van der Waals surface area contributed by atoms with Crippen LogP contribution in [-0.2, 0) is 22.6 Å². The molecule has 1 aromatic heterocycles. The van der Waals surface area contributed by atoms with Gasteiger partial charge in [-0.3, -0.25) is 9.59 Å². The molecule has 0 fully saturated rings. The molecule has 0 saturated carbocycles. The van der Waals surface area contributed by atoms with Gasteiger partial charge in [0.1, 0.15) is 18.1 Å². The van der Waals surface area contributed by atoms with Crippen molar-refractivity contribution in [3.05, 3.63) is 100 Å². The number of fused-ring (bicyclic) bond motifs is 1. The van der Waals surface area contributed by atoms with E-state index in [-0.39, 0.29) is 18.6 Å². The molecule has 1 N–H and O–H groups in total. The molecule has 6 nitrogen and oxygen atoms in total. The van der Waals surface area contributed by atoms with Crippen molar-refractivity contribution in [3.8, 4) is 11.5 Å². The van der Waals surface area contributed by atoms with Gasteiger partial charge in [0.25, 0.3) is 5.56 Å². The second-order valence-electron chi connectivity index (χ2n) is 6.41. The molecule has 6 heteroatoms. The lowest BCUT2D eigenvalue weighted by Gasteiger charge is -2.11. The average molecular weight is 386 g/mol. The molecule has 4 rings (SSSR count). The number of hydrogen-bond donors (Lipinski definition) is 1. The third kappa shape index (κ3) is 4.32. The molecule has 0 unspecified atom stereocenters. The fourth-order valence-electron chi connectivity index (χ4n) is 2.99. The smallest absolute Gasteiger partial charge is 0.312 e. The molecule has 144 valence electrons. The molecule has 0 spiro atoms. The number of H-pyrrole nitrogens is 1. The van der Waals surface area contributed by atoms with Crippen molar-refractivity contribution in [2.45, 2.75) is 13.0 Å². The van der Waals surface area contributed by atoms with Gasteiger partial charge in [-0.15, -0.1) is 0 Å². The first-order chi connectivity index (χ1) is 14.2. The van der Waals surface area contributed by atoms with Crippen molar-refractivity contribution in [2.24, 2.45) is 0 Å². The summed E-state index contributed by atoms with van der Waals surface area (Å²) in [5.41, 5.74) is 0.938. The highest BCUT2D eigenvalue weighted by Crippen LogP contribution is 2.25. The Hall–Kier alpha value is -3.93. The summed E-state index contributed by atoms with van der Waals surface area (Å²) in [6.45, 7) is 0.0725. The second kappa shape index (κ2) is 8.39. The number of carbonyl (C=O) groups excluding carboxylic acids is 1. The van der Waals surface area contributed by atoms with Crippen LogP contribution in [0.2, 0.25) is 0 Å². The zero-order valence-corrected chi connectivity index (χ0v) is 15.5. The minimum atomic E-state index is -0.441. The van der Waals surface area contributed by atoms with Crippen LogP contribution in [0.15, 0.2) is 83.7 Å². The first-order valence-electron chi connectivity index (χ1n) is 9.13. The van der Waals surface area contributed by atoms with Crippen LogP contribution in [0, 0.1) is 0 Å². The van der Waals surface area contributed by atoms with Crippen molar-refractivity contribution < 1.29 is 14.3 Å². The first-order valence-corrected chi connectivity index (χ1v) is 9.13. The molecule has 0 aliphatic heterocycles. The SMILES string of the molecule is O=C(Cc1n[nH]c(=O)c2ccccc12)OCc1ccccc1Oc1ccccc1. The maximum atomic E-state index is 12.4. The molecular weight excluding hydrogens is 368 g/mol. The number of benzene rings is 3. The summed E-state index contributed by atoms with van der Waals surface area (Å²) in [4.78, 5) is 24.3. The van der Waals surface area contributed by atoms with Crippen molar-refractivity contribution in [1.82, 2.24) is 10.2 Å². The van der Waals surface area contributed by atoms with E-state index in [9.17, 15) is 9.59 Å². The Balaban J connectivity index is 1.46. The lowest BCUT2D eigenvalue weighted by atomic mass is 10.1. The molecule has 1 heterocycles. The number of rotatable bonds is 6. The summed E-state index contributed by atoms with van der Waals surface area (Å²) in [6.07, 6.45) is -0.0427. The van der Waals surface area contributed by atoms with Gasteiger partial charge in [-0.2, -0.15) is 5.10 Å². The van der Waals surface area contributed by atoms with Gasteiger partial charge in [0.15, 0.2) is 0 Å². The summed E-state index contributed by atoms with van der Waals surface area (Å²) in [6, 6.07) is 23.8. The summed E-state index contributed by atoms with van der Waals surface area (Å²) >= 11 is 0. The fourth-order valence-corrected chi connectivity index (χ4v) is 2.99. The summed E-state index contributed by atoms with van der Waals surface area (Å²) in [5, 5.41) is 7.57. The Morgan fingerprint density at radius 2 is 1.55 bits per heavy atom. The van der Waals surface area contributed by atoms with Gasteiger partial charge in [-0.05, 0) is 24.3 Å². The average Bonchev–Trinajstić information content (AvgIpc) is 2.76. The molecular formula is C23H18N2O4. The molecule has 4 aromatic rings. The lowest BCUT2D eigenvalue weighted by Crippen LogP contribution is -2.15. The van der Waals surface area contributed by atoms with Crippen LogP contribution < -0.4 is 10.3 Å². The van der Waals surface area contributed by atoms with Crippen LogP contribution in [0.4, 0.5) is 0 Å². The van der Waals surface area contributed by atoms with E-state index in [0.717, 1.165) is 5.56 Å². The van der Waals surface area contributed by atoms with Gasteiger partial charge in [-0.25, -0.2) is 5.10 Å². The summed E-state index contributed by atoms with van der Waals surface area (Å²) < 4.78 is 11.3. The minimum Gasteiger partial charge on any atom is -0.460 e. The molecule has 0 amide bonds. The predicted molar refractivity (Wildman–Crippen MR) is 109 cm³/mol. The summed E-state index contributed by atoms with van der Waals surface area (Å²) in [7, 11) is 0. The van der Waals surface area contributed by atoms with E-state index in [1.807, 2.05) is 54.6 Å². The van der Waals surface area contributed by atoms with E-state index in [2.05, 4.69) is 10.2 Å². The van der Waals surface area contributed by atoms with Gasteiger partial charge in [0.05, 0.1) is 17.5 Å². The number of carbonyl (C=O) groups is 1.